The highest BCUT2D eigenvalue weighted by molar-refractivity contribution is 9.10. The summed E-state index contributed by atoms with van der Waals surface area (Å²) in [6, 6.07) is 4.07. The Bertz CT molecular complexity index is 528. The highest BCUT2D eigenvalue weighted by atomic mass is 79.9. The first-order valence-electron chi connectivity index (χ1n) is 6.50. The number of hydrogen-bond acceptors (Lipinski definition) is 2. The van der Waals surface area contributed by atoms with Crippen molar-refractivity contribution in [3.8, 4) is 0 Å². The Kier molecular flexibility index (Phi) is 4.75. The second kappa shape index (κ2) is 6.35. The SMILES string of the molecule is NC(=O)CC1CCN(C(=O)c2cc(F)ccc2Br)CC1. The van der Waals surface area contributed by atoms with Crippen LogP contribution in [0.3, 0.4) is 0 Å². The largest absolute Gasteiger partial charge is 0.370 e. The molecule has 1 aromatic carbocycles. The number of hydrogen-bond donors (Lipinski definition) is 1. The van der Waals surface area contributed by atoms with Crippen molar-refractivity contribution >= 4 is 27.7 Å². The lowest BCUT2D eigenvalue weighted by Crippen LogP contribution is -2.39. The molecule has 0 saturated carbocycles. The van der Waals surface area contributed by atoms with Crippen molar-refractivity contribution < 1.29 is 14.0 Å². The summed E-state index contributed by atoms with van der Waals surface area (Å²) in [5, 5.41) is 0. The molecule has 108 valence electrons. The molecule has 1 fully saturated rings. The van der Waals surface area contributed by atoms with Gasteiger partial charge in [0, 0.05) is 24.0 Å². The molecule has 1 aliphatic heterocycles. The summed E-state index contributed by atoms with van der Waals surface area (Å²) >= 11 is 3.27. The van der Waals surface area contributed by atoms with Crippen LogP contribution in [0.15, 0.2) is 22.7 Å². The number of primary amides is 1. The predicted octanol–water partition coefficient (Wildman–Crippen LogP) is 2.32. The first-order valence-corrected chi connectivity index (χ1v) is 7.29. The van der Waals surface area contributed by atoms with Gasteiger partial charge in [0.15, 0.2) is 0 Å². The second-order valence-electron chi connectivity index (χ2n) is 5.03. The van der Waals surface area contributed by atoms with E-state index in [9.17, 15) is 14.0 Å². The van der Waals surface area contributed by atoms with Gasteiger partial charge in [-0.05, 0) is 52.9 Å². The zero-order valence-corrected chi connectivity index (χ0v) is 12.5. The molecule has 1 aromatic rings. The number of carbonyl (C=O) groups is 2. The molecule has 4 nitrogen and oxygen atoms in total. The summed E-state index contributed by atoms with van der Waals surface area (Å²) in [7, 11) is 0. The van der Waals surface area contributed by atoms with E-state index in [1.807, 2.05) is 0 Å². The molecule has 6 heteroatoms. The van der Waals surface area contributed by atoms with Gasteiger partial charge in [-0.3, -0.25) is 9.59 Å². The van der Waals surface area contributed by atoms with Crippen LogP contribution < -0.4 is 5.73 Å². The maximum Gasteiger partial charge on any atom is 0.255 e. The molecule has 0 spiro atoms. The Hall–Kier alpha value is -1.43. The average Bonchev–Trinajstić information content (AvgIpc) is 2.41. The maximum atomic E-state index is 13.2. The molecule has 20 heavy (non-hydrogen) atoms. The first kappa shape index (κ1) is 15.0. The Morgan fingerprint density at radius 1 is 1.35 bits per heavy atom. The van der Waals surface area contributed by atoms with Crippen LogP contribution in [0.25, 0.3) is 0 Å². The van der Waals surface area contributed by atoms with E-state index in [0.29, 0.717) is 29.5 Å². The quantitative estimate of drug-likeness (QED) is 0.916. The Labute approximate surface area is 125 Å². The lowest BCUT2D eigenvalue weighted by Gasteiger charge is -2.31. The van der Waals surface area contributed by atoms with Gasteiger partial charge in [-0.25, -0.2) is 4.39 Å². The normalized spacial score (nSPS) is 16.2. The van der Waals surface area contributed by atoms with Crippen LogP contribution in [-0.2, 0) is 4.79 Å². The average molecular weight is 343 g/mol. The number of likely N-dealkylation sites (tertiary alicyclic amines) is 1. The van der Waals surface area contributed by atoms with Gasteiger partial charge in [0.1, 0.15) is 5.82 Å². The van der Waals surface area contributed by atoms with Gasteiger partial charge in [0.25, 0.3) is 5.91 Å². The van der Waals surface area contributed by atoms with Gasteiger partial charge >= 0.3 is 0 Å². The molecule has 2 N–H and O–H groups in total. The zero-order chi connectivity index (χ0) is 14.7. The fourth-order valence-electron chi connectivity index (χ4n) is 2.46. The van der Waals surface area contributed by atoms with Crippen LogP contribution in [0.5, 0.6) is 0 Å². The summed E-state index contributed by atoms with van der Waals surface area (Å²) < 4.78 is 13.8. The number of nitrogens with zero attached hydrogens (tertiary/aromatic N) is 1. The Balaban J connectivity index is 2.01. The van der Waals surface area contributed by atoms with Crippen LogP contribution in [-0.4, -0.2) is 29.8 Å². The van der Waals surface area contributed by atoms with Gasteiger partial charge in [0.05, 0.1) is 5.56 Å². The van der Waals surface area contributed by atoms with E-state index in [2.05, 4.69) is 15.9 Å². The molecular formula is C14H16BrFN2O2. The van der Waals surface area contributed by atoms with Crippen molar-refractivity contribution in [3.63, 3.8) is 0 Å². The van der Waals surface area contributed by atoms with Crippen molar-refractivity contribution in [1.82, 2.24) is 4.90 Å². The molecule has 2 amide bonds. The van der Waals surface area contributed by atoms with Crippen molar-refractivity contribution in [2.24, 2.45) is 11.7 Å². The smallest absolute Gasteiger partial charge is 0.255 e. The van der Waals surface area contributed by atoms with E-state index in [1.165, 1.54) is 18.2 Å². The standard InChI is InChI=1S/C14H16BrFN2O2/c15-12-2-1-10(16)8-11(12)14(20)18-5-3-9(4-6-18)7-13(17)19/h1-2,8-9H,3-7H2,(H2,17,19). The summed E-state index contributed by atoms with van der Waals surface area (Å²) in [5.41, 5.74) is 5.51. The highest BCUT2D eigenvalue weighted by Gasteiger charge is 2.25. The zero-order valence-electron chi connectivity index (χ0n) is 10.9. The molecule has 0 bridgehead atoms. The minimum atomic E-state index is -0.430. The fourth-order valence-corrected chi connectivity index (χ4v) is 2.87. The molecule has 0 aromatic heterocycles. The van der Waals surface area contributed by atoms with E-state index in [4.69, 9.17) is 5.73 Å². The van der Waals surface area contributed by atoms with E-state index in [0.717, 1.165) is 12.8 Å². The molecule has 0 radical (unpaired) electrons. The highest BCUT2D eigenvalue weighted by Crippen LogP contribution is 2.24. The van der Waals surface area contributed by atoms with Gasteiger partial charge in [-0.1, -0.05) is 0 Å². The Morgan fingerprint density at radius 2 is 2.00 bits per heavy atom. The summed E-state index contributed by atoms with van der Waals surface area (Å²) in [4.78, 5) is 24.9. The third kappa shape index (κ3) is 3.56. The monoisotopic (exact) mass is 342 g/mol. The third-order valence-corrected chi connectivity index (χ3v) is 4.24. The van der Waals surface area contributed by atoms with E-state index >= 15 is 0 Å². The van der Waals surface area contributed by atoms with Crippen LogP contribution in [0.1, 0.15) is 29.6 Å². The van der Waals surface area contributed by atoms with Crippen molar-refractivity contribution in [1.29, 1.82) is 0 Å². The van der Waals surface area contributed by atoms with E-state index < -0.39 is 5.82 Å². The molecule has 0 unspecified atom stereocenters. The second-order valence-corrected chi connectivity index (χ2v) is 5.88. The van der Waals surface area contributed by atoms with Crippen molar-refractivity contribution in [2.75, 3.05) is 13.1 Å². The van der Waals surface area contributed by atoms with Crippen LogP contribution in [0.2, 0.25) is 0 Å². The molecule has 1 aliphatic rings. The molecule has 0 atom stereocenters. The molecule has 1 saturated heterocycles. The van der Waals surface area contributed by atoms with Gasteiger partial charge in [-0.15, -0.1) is 0 Å². The van der Waals surface area contributed by atoms with Crippen molar-refractivity contribution in [3.05, 3.63) is 34.1 Å². The number of carbonyl (C=O) groups excluding carboxylic acids is 2. The molecule has 1 heterocycles. The minimum Gasteiger partial charge on any atom is -0.370 e. The topological polar surface area (TPSA) is 63.4 Å². The van der Waals surface area contributed by atoms with Crippen LogP contribution in [0.4, 0.5) is 4.39 Å². The minimum absolute atomic E-state index is 0.186. The molecular weight excluding hydrogens is 327 g/mol. The lowest BCUT2D eigenvalue weighted by molar-refractivity contribution is -0.119. The van der Waals surface area contributed by atoms with E-state index in [1.54, 1.807) is 4.90 Å². The molecule has 2 rings (SSSR count). The third-order valence-electron chi connectivity index (χ3n) is 3.55. The molecule has 0 aliphatic carbocycles. The number of rotatable bonds is 3. The van der Waals surface area contributed by atoms with Crippen LogP contribution >= 0.6 is 15.9 Å². The number of benzene rings is 1. The fraction of sp³-hybridized carbons (Fsp3) is 0.429. The summed E-state index contributed by atoms with van der Waals surface area (Å²) in [5.74, 6) is -0.677. The predicted molar refractivity (Wildman–Crippen MR) is 76.5 cm³/mol. The number of halogens is 2. The number of piperidine rings is 1. The van der Waals surface area contributed by atoms with Gasteiger partial charge < -0.3 is 10.6 Å². The van der Waals surface area contributed by atoms with Gasteiger partial charge in [-0.2, -0.15) is 0 Å². The summed E-state index contributed by atoms with van der Waals surface area (Å²) in [6.45, 7) is 1.14. The van der Waals surface area contributed by atoms with Crippen LogP contribution in [0, 0.1) is 11.7 Å². The Morgan fingerprint density at radius 3 is 2.60 bits per heavy atom. The number of amides is 2. The van der Waals surface area contributed by atoms with E-state index in [-0.39, 0.29) is 17.7 Å². The maximum absolute atomic E-state index is 13.2. The van der Waals surface area contributed by atoms with Crippen molar-refractivity contribution in [2.45, 2.75) is 19.3 Å². The number of nitrogens with two attached hydrogens (primary N) is 1. The lowest BCUT2D eigenvalue weighted by atomic mass is 9.93. The first-order chi connectivity index (χ1) is 9.47. The summed E-state index contributed by atoms with van der Waals surface area (Å²) in [6.07, 6.45) is 1.87. The van der Waals surface area contributed by atoms with Gasteiger partial charge in [0.2, 0.25) is 5.91 Å².